The number of carboxylic acids is 1. The summed E-state index contributed by atoms with van der Waals surface area (Å²) in [4.78, 5) is 10.4. The van der Waals surface area contributed by atoms with E-state index >= 15 is 0 Å². The van der Waals surface area contributed by atoms with Crippen LogP contribution in [0, 0.1) is 0 Å². The van der Waals surface area contributed by atoms with Crippen LogP contribution in [0.5, 0.6) is 5.75 Å². The molecule has 0 amide bonds. The summed E-state index contributed by atoms with van der Waals surface area (Å²) < 4.78 is 5.32. The van der Waals surface area contributed by atoms with Gasteiger partial charge >= 0.3 is 5.97 Å². The van der Waals surface area contributed by atoms with Crippen LogP contribution in [0.2, 0.25) is 0 Å². The first kappa shape index (κ1) is 13.5. The van der Waals surface area contributed by atoms with Gasteiger partial charge in [-0.25, -0.2) is 4.79 Å². The molecule has 17 heavy (non-hydrogen) atoms. The van der Waals surface area contributed by atoms with Crippen molar-refractivity contribution in [3.05, 3.63) is 29.8 Å². The molecule has 1 aromatic rings. The van der Waals surface area contributed by atoms with Crippen LogP contribution in [-0.4, -0.2) is 28.9 Å². The third-order valence-electron chi connectivity index (χ3n) is 2.46. The lowest BCUT2D eigenvalue weighted by atomic mass is 10.1. The first-order chi connectivity index (χ1) is 8.13. The van der Waals surface area contributed by atoms with Crippen molar-refractivity contribution in [2.24, 2.45) is 0 Å². The fourth-order valence-electron chi connectivity index (χ4n) is 1.54. The van der Waals surface area contributed by atoms with Crippen molar-refractivity contribution in [3.63, 3.8) is 0 Å². The molecule has 1 rings (SSSR count). The van der Waals surface area contributed by atoms with Crippen molar-refractivity contribution in [3.8, 4) is 5.75 Å². The van der Waals surface area contributed by atoms with Crippen molar-refractivity contribution in [1.29, 1.82) is 0 Å². The number of hydrogen-bond donors (Lipinski definition) is 2. The van der Waals surface area contributed by atoms with E-state index in [4.69, 9.17) is 14.9 Å². The largest absolute Gasteiger partial charge is 0.494 e. The van der Waals surface area contributed by atoms with E-state index in [1.807, 2.05) is 31.2 Å². The van der Waals surface area contributed by atoms with Gasteiger partial charge in [-0.1, -0.05) is 12.1 Å². The SMILES string of the molecule is CCOc1ccc(CCC[C@H](O)C(=O)O)cc1. The fraction of sp³-hybridized carbons (Fsp3) is 0.462. The van der Waals surface area contributed by atoms with Gasteiger partial charge in [-0.3, -0.25) is 0 Å². The Balaban J connectivity index is 2.34. The zero-order valence-electron chi connectivity index (χ0n) is 9.93. The highest BCUT2D eigenvalue weighted by Gasteiger charge is 2.11. The van der Waals surface area contributed by atoms with Gasteiger partial charge in [0, 0.05) is 0 Å². The Bertz CT molecular complexity index is 345. The lowest BCUT2D eigenvalue weighted by molar-refractivity contribution is -0.146. The van der Waals surface area contributed by atoms with Crippen LogP contribution in [0.1, 0.15) is 25.3 Å². The van der Waals surface area contributed by atoms with Gasteiger partial charge in [-0.2, -0.15) is 0 Å². The fourth-order valence-corrected chi connectivity index (χ4v) is 1.54. The summed E-state index contributed by atoms with van der Waals surface area (Å²) in [7, 11) is 0. The molecule has 0 unspecified atom stereocenters. The smallest absolute Gasteiger partial charge is 0.332 e. The van der Waals surface area contributed by atoms with E-state index in [-0.39, 0.29) is 6.42 Å². The lowest BCUT2D eigenvalue weighted by Crippen LogP contribution is -2.19. The third-order valence-corrected chi connectivity index (χ3v) is 2.46. The summed E-state index contributed by atoms with van der Waals surface area (Å²) in [6.45, 7) is 2.57. The molecule has 1 aromatic carbocycles. The van der Waals surface area contributed by atoms with Gasteiger partial charge < -0.3 is 14.9 Å². The molecular formula is C13H18O4. The maximum Gasteiger partial charge on any atom is 0.332 e. The molecule has 0 aromatic heterocycles. The minimum absolute atomic E-state index is 0.280. The van der Waals surface area contributed by atoms with Crippen molar-refractivity contribution in [2.75, 3.05) is 6.61 Å². The van der Waals surface area contributed by atoms with Gasteiger partial charge in [0.2, 0.25) is 0 Å². The molecule has 4 heteroatoms. The standard InChI is InChI=1S/C13H18O4/c1-2-17-11-8-6-10(7-9-11)4-3-5-12(14)13(15)16/h6-9,12,14H,2-5H2,1H3,(H,15,16)/t12-/m0/s1. The summed E-state index contributed by atoms with van der Waals surface area (Å²) in [5, 5.41) is 17.6. The Labute approximate surface area is 101 Å². The van der Waals surface area contributed by atoms with E-state index in [1.54, 1.807) is 0 Å². The molecule has 1 atom stereocenters. The number of hydrogen-bond acceptors (Lipinski definition) is 3. The molecule has 0 saturated carbocycles. The zero-order valence-corrected chi connectivity index (χ0v) is 9.93. The molecule has 94 valence electrons. The Kier molecular flexibility index (Phi) is 5.49. The number of carbonyl (C=O) groups is 1. The highest BCUT2D eigenvalue weighted by Crippen LogP contribution is 2.14. The Morgan fingerprint density at radius 3 is 2.53 bits per heavy atom. The third kappa shape index (κ3) is 4.87. The highest BCUT2D eigenvalue weighted by molar-refractivity contribution is 5.71. The Morgan fingerprint density at radius 2 is 2.00 bits per heavy atom. The van der Waals surface area contributed by atoms with Crippen LogP contribution < -0.4 is 4.74 Å². The second-order valence-corrected chi connectivity index (χ2v) is 3.82. The molecule has 0 aliphatic heterocycles. The average molecular weight is 238 g/mol. The predicted molar refractivity (Wildman–Crippen MR) is 64.2 cm³/mol. The molecule has 0 radical (unpaired) electrons. The first-order valence-corrected chi connectivity index (χ1v) is 5.76. The normalized spacial score (nSPS) is 12.1. The summed E-state index contributed by atoms with van der Waals surface area (Å²) >= 11 is 0. The van der Waals surface area contributed by atoms with Crippen LogP contribution in [0.25, 0.3) is 0 Å². The van der Waals surface area contributed by atoms with Gasteiger partial charge in [-0.05, 0) is 43.9 Å². The molecule has 2 N–H and O–H groups in total. The molecule has 0 saturated heterocycles. The van der Waals surface area contributed by atoms with E-state index in [0.29, 0.717) is 13.0 Å². The van der Waals surface area contributed by atoms with Gasteiger partial charge in [0.15, 0.2) is 6.10 Å². The number of aliphatic carboxylic acids is 1. The van der Waals surface area contributed by atoms with Gasteiger partial charge in [0.05, 0.1) is 6.61 Å². The minimum Gasteiger partial charge on any atom is -0.494 e. The van der Waals surface area contributed by atoms with Crippen molar-refractivity contribution >= 4 is 5.97 Å². The van der Waals surface area contributed by atoms with Gasteiger partial charge in [0.25, 0.3) is 0 Å². The number of aryl methyl sites for hydroxylation is 1. The molecule has 0 bridgehead atoms. The predicted octanol–water partition coefficient (Wildman–Crippen LogP) is 1.85. The van der Waals surface area contributed by atoms with E-state index in [2.05, 4.69) is 0 Å². The molecule has 0 fully saturated rings. The topological polar surface area (TPSA) is 66.8 Å². The number of benzene rings is 1. The van der Waals surface area contributed by atoms with E-state index in [9.17, 15) is 4.79 Å². The Hall–Kier alpha value is -1.55. The first-order valence-electron chi connectivity index (χ1n) is 5.76. The van der Waals surface area contributed by atoms with Crippen molar-refractivity contribution in [2.45, 2.75) is 32.3 Å². The number of carboxylic acid groups (broad SMARTS) is 1. The molecule has 0 spiro atoms. The quantitative estimate of drug-likeness (QED) is 0.760. The monoisotopic (exact) mass is 238 g/mol. The zero-order chi connectivity index (χ0) is 12.7. The molecule has 0 heterocycles. The summed E-state index contributed by atoms with van der Waals surface area (Å²) in [6, 6.07) is 7.70. The van der Waals surface area contributed by atoms with Crippen LogP contribution in [0.3, 0.4) is 0 Å². The highest BCUT2D eigenvalue weighted by atomic mass is 16.5. The van der Waals surface area contributed by atoms with Crippen molar-refractivity contribution in [1.82, 2.24) is 0 Å². The van der Waals surface area contributed by atoms with Gasteiger partial charge in [-0.15, -0.1) is 0 Å². The average Bonchev–Trinajstić information content (AvgIpc) is 2.31. The summed E-state index contributed by atoms with van der Waals surface area (Å²) in [6.07, 6.45) is 0.443. The molecule has 0 aliphatic carbocycles. The minimum atomic E-state index is -1.25. The second-order valence-electron chi connectivity index (χ2n) is 3.82. The molecule has 0 aliphatic rings. The Morgan fingerprint density at radius 1 is 1.35 bits per heavy atom. The van der Waals surface area contributed by atoms with Crippen molar-refractivity contribution < 1.29 is 19.7 Å². The van der Waals surface area contributed by atoms with E-state index < -0.39 is 12.1 Å². The van der Waals surface area contributed by atoms with E-state index in [1.165, 1.54) is 0 Å². The van der Waals surface area contributed by atoms with Crippen LogP contribution in [0.15, 0.2) is 24.3 Å². The summed E-state index contributed by atoms with van der Waals surface area (Å²) in [5.41, 5.74) is 1.12. The second kappa shape index (κ2) is 6.91. The maximum atomic E-state index is 10.4. The van der Waals surface area contributed by atoms with Crippen LogP contribution in [0.4, 0.5) is 0 Å². The van der Waals surface area contributed by atoms with Crippen LogP contribution in [-0.2, 0) is 11.2 Å². The van der Waals surface area contributed by atoms with Crippen LogP contribution >= 0.6 is 0 Å². The summed E-state index contributed by atoms with van der Waals surface area (Å²) in [5.74, 6) is -0.321. The van der Waals surface area contributed by atoms with Gasteiger partial charge in [0.1, 0.15) is 5.75 Å². The maximum absolute atomic E-state index is 10.4. The number of aliphatic hydroxyl groups excluding tert-OH is 1. The number of aliphatic hydroxyl groups is 1. The van der Waals surface area contributed by atoms with E-state index in [0.717, 1.165) is 17.7 Å². The molecular weight excluding hydrogens is 220 g/mol. The lowest BCUT2D eigenvalue weighted by Gasteiger charge is -2.06. The number of rotatable bonds is 7. The molecule has 4 nitrogen and oxygen atoms in total. The number of ether oxygens (including phenoxy) is 1.